The Morgan fingerprint density at radius 1 is 1.31 bits per heavy atom. The van der Waals surface area contributed by atoms with Crippen LogP contribution in [0.15, 0.2) is 35.2 Å². The van der Waals surface area contributed by atoms with Crippen LogP contribution >= 0.6 is 11.3 Å². The van der Waals surface area contributed by atoms with Crippen LogP contribution in [0.2, 0.25) is 0 Å². The Kier molecular flexibility index (Phi) is 3.91. The normalized spacial score (nSPS) is 10.5. The number of thiazole rings is 1. The zero-order valence-electron chi connectivity index (χ0n) is 9.02. The van der Waals surface area contributed by atoms with Crippen molar-refractivity contribution >= 4 is 17.0 Å². The second kappa shape index (κ2) is 5.63. The first kappa shape index (κ1) is 11.1. The lowest BCUT2D eigenvalue weighted by Gasteiger charge is -2.06. The number of para-hydroxylation sites is 1. The van der Waals surface area contributed by atoms with Gasteiger partial charge in [0.2, 0.25) is 0 Å². The summed E-state index contributed by atoms with van der Waals surface area (Å²) in [5.74, 6) is 0. The molecule has 0 aliphatic heterocycles. The summed E-state index contributed by atoms with van der Waals surface area (Å²) < 4.78 is 0. The van der Waals surface area contributed by atoms with E-state index in [-0.39, 0.29) is 0 Å². The Morgan fingerprint density at radius 2 is 2.19 bits per heavy atom. The molecule has 1 heterocycles. The molecule has 4 heteroatoms. The lowest BCUT2D eigenvalue weighted by molar-refractivity contribution is 0.682. The molecule has 1 aromatic heterocycles. The summed E-state index contributed by atoms with van der Waals surface area (Å²) in [6.07, 6.45) is 0.968. The summed E-state index contributed by atoms with van der Waals surface area (Å²) in [6, 6.07) is 7.94. The van der Waals surface area contributed by atoms with E-state index in [1.54, 1.807) is 11.3 Å². The van der Waals surface area contributed by atoms with Crippen molar-refractivity contribution in [2.75, 3.05) is 12.3 Å². The van der Waals surface area contributed by atoms with E-state index >= 15 is 0 Å². The van der Waals surface area contributed by atoms with Crippen LogP contribution in [0.4, 0.5) is 5.69 Å². The highest BCUT2D eigenvalue weighted by molar-refractivity contribution is 7.07. The Labute approximate surface area is 99.3 Å². The number of rotatable bonds is 5. The van der Waals surface area contributed by atoms with Crippen LogP contribution in [-0.2, 0) is 13.0 Å². The Hall–Kier alpha value is -1.39. The number of nitrogens with one attached hydrogen (secondary N) is 1. The smallest absolute Gasteiger partial charge is 0.0794 e. The number of nitrogens with zero attached hydrogens (tertiary/aromatic N) is 1. The molecule has 2 aromatic rings. The van der Waals surface area contributed by atoms with Gasteiger partial charge in [0.25, 0.3) is 0 Å². The lowest BCUT2D eigenvalue weighted by atomic mass is 10.2. The molecule has 0 spiro atoms. The number of anilines is 1. The molecule has 2 rings (SSSR count). The summed E-state index contributed by atoms with van der Waals surface area (Å²) in [7, 11) is 0. The summed E-state index contributed by atoms with van der Waals surface area (Å²) in [5.41, 5.74) is 10.9. The van der Waals surface area contributed by atoms with E-state index in [1.165, 1.54) is 0 Å². The first-order chi connectivity index (χ1) is 7.86. The Morgan fingerprint density at radius 3 is 2.94 bits per heavy atom. The van der Waals surface area contributed by atoms with Crippen LogP contribution in [0.1, 0.15) is 11.3 Å². The van der Waals surface area contributed by atoms with Crippen molar-refractivity contribution in [1.82, 2.24) is 10.3 Å². The molecule has 3 N–H and O–H groups in total. The third-order valence-electron chi connectivity index (χ3n) is 2.41. The summed E-state index contributed by atoms with van der Waals surface area (Å²) in [5, 5.41) is 5.45. The van der Waals surface area contributed by atoms with E-state index in [1.807, 2.05) is 29.8 Å². The van der Waals surface area contributed by atoms with Crippen LogP contribution in [0.25, 0.3) is 0 Å². The molecule has 0 fully saturated rings. The van der Waals surface area contributed by atoms with Gasteiger partial charge in [0.05, 0.1) is 11.2 Å². The molecule has 84 valence electrons. The standard InChI is InChI=1S/C12H15N3S/c13-12-4-2-1-3-10(12)7-14-6-5-11-8-16-9-15-11/h1-4,8-9,14H,5-7,13H2. The van der Waals surface area contributed by atoms with Gasteiger partial charge in [0.15, 0.2) is 0 Å². The number of nitrogen functional groups attached to an aromatic ring is 1. The van der Waals surface area contributed by atoms with Crippen LogP contribution in [-0.4, -0.2) is 11.5 Å². The molecule has 0 aliphatic carbocycles. The predicted octanol–water partition coefficient (Wildman–Crippen LogP) is 2.06. The minimum Gasteiger partial charge on any atom is -0.398 e. The van der Waals surface area contributed by atoms with Crippen LogP contribution < -0.4 is 11.1 Å². The fraction of sp³-hybridized carbons (Fsp3) is 0.250. The maximum absolute atomic E-state index is 5.85. The van der Waals surface area contributed by atoms with Gasteiger partial charge in [0.1, 0.15) is 0 Å². The van der Waals surface area contributed by atoms with E-state index in [4.69, 9.17) is 5.73 Å². The molecule has 0 saturated heterocycles. The molecule has 1 aromatic carbocycles. The van der Waals surface area contributed by atoms with E-state index in [0.717, 1.165) is 36.5 Å². The van der Waals surface area contributed by atoms with Gasteiger partial charge in [-0.15, -0.1) is 11.3 Å². The molecule has 0 unspecified atom stereocenters. The van der Waals surface area contributed by atoms with Crippen LogP contribution in [0, 0.1) is 0 Å². The number of benzene rings is 1. The Bertz CT molecular complexity index is 426. The number of aromatic nitrogens is 1. The lowest BCUT2D eigenvalue weighted by Crippen LogP contribution is -2.17. The number of hydrogen-bond donors (Lipinski definition) is 2. The molecule has 0 saturated carbocycles. The minimum atomic E-state index is 0.816. The van der Waals surface area contributed by atoms with E-state index in [9.17, 15) is 0 Å². The van der Waals surface area contributed by atoms with Gasteiger partial charge < -0.3 is 11.1 Å². The van der Waals surface area contributed by atoms with Gasteiger partial charge in [-0.05, 0) is 11.6 Å². The molecule has 0 radical (unpaired) electrons. The molecular weight excluding hydrogens is 218 g/mol. The maximum atomic E-state index is 5.85. The van der Waals surface area contributed by atoms with Gasteiger partial charge >= 0.3 is 0 Å². The van der Waals surface area contributed by atoms with Gasteiger partial charge in [-0.1, -0.05) is 18.2 Å². The monoisotopic (exact) mass is 233 g/mol. The highest BCUT2D eigenvalue weighted by Gasteiger charge is 1.98. The van der Waals surface area contributed by atoms with Crippen molar-refractivity contribution in [3.8, 4) is 0 Å². The zero-order valence-corrected chi connectivity index (χ0v) is 9.83. The molecule has 3 nitrogen and oxygen atoms in total. The highest BCUT2D eigenvalue weighted by atomic mass is 32.1. The molecular formula is C12H15N3S. The SMILES string of the molecule is Nc1ccccc1CNCCc1cscn1. The van der Waals surface area contributed by atoms with Crippen LogP contribution in [0.5, 0.6) is 0 Å². The van der Waals surface area contributed by atoms with Crippen molar-refractivity contribution in [3.63, 3.8) is 0 Å². The molecule has 0 aliphatic rings. The summed E-state index contributed by atoms with van der Waals surface area (Å²) >= 11 is 1.64. The second-order valence-corrected chi connectivity index (χ2v) is 4.32. The first-order valence-electron chi connectivity index (χ1n) is 5.27. The largest absolute Gasteiger partial charge is 0.398 e. The van der Waals surface area contributed by atoms with Crippen molar-refractivity contribution in [2.45, 2.75) is 13.0 Å². The number of hydrogen-bond acceptors (Lipinski definition) is 4. The topological polar surface area (TPSA) is 50.9 Å². The van der Waals surface area contributed by atoms with Gasteiger partial charge in [-0.3, -0.25) is 0 Å². The van der Waals surface area contributed by atoms with Gasteiger partial charge in [-0.25, -0.2) is 4.98 Å². The molecule has 0 amide bonds. The predicted molar refractivity (Wildman–Crippen MR) is 68.4 cm³/mol. The van der Waals surface area contributed by atoms with Crippen molar-refractivity contribution in [2.24, 2.45) is 0 Å². The third-order valence-corrected chi connectivity index (χ3v) is 3.05. The van der Waals surface area contributed by atoms with E-state index < -0.39 is 0 Å². The van der Waals surface area contributed by atoms with Crippen molar-refractivity contribution < 1.29 is 0 Å². The maximum Gasteiger partial charge on any atom is 0.0794 e. The average Bonchev–Trinajstić information content (AvgIpc) is 2.79. The first-order valence-corrected chi connectivity index (χ1v) is 6.21. The average molecular weight is 233 g/mol. The van der Waals surface area contributed by atoms with Crippen molar-refractivity contribution in [3.05, 3.63) is 46.4 Å². The fourth-order valence-electron chi connectivity index (χ4n) is 1.50. The number of nitrogens with two attached hydrogens (primary N) is 1. The second-order valence-electron chi connectivity index (χ2n) is 3.61. The fourth-order valence-corrected chi connectivity index (χ4v) is 2.09. The molecule has 0 bridgehead atoms. The molecule has 16 heavy (non-hydrogen) atoms. The molecule has 0 atom stereocenters. The summed E-state index contributed by atoms with van der Waals surface area (Å²) in [6.45, 7) is 1.74. The third kappa shape index (κ3) is 3.05. The van der Waals surface area contributed by atoms with Gasteiger partial charge in [0, 0.05) is 30.6 Å². The van der Waals surface area contributed by atoms with E-state index in [0.29, 0.717) is 0 Å². The zero-order chi connectivity index (χ0) is 11.2. The highest BCUT2D eigenvalue weighted by Crippen LogP contribution is 2.09. The minimum absolute atomic E-state index is 0.816. The van der Waals surface area contributed by atoms with Crippen molar-refractivity contribution in [1.29, 1.82) is 0 Å². The Balaban J connectivity index is 1.74. The van der Waals surface area contributed by atoms with E-state index in [2.05, 4.69) is 15.7 Å². The summed E-state index contributed by atoms with van der Waals surface area (Å²) in [4.78, 5) is 4.23. The van der Waals surface area contributed by atoms with Gasteiger partial charge in [-0.2, -0.15) is 0 Å². The quantitative estimate of drug-likeness (QED) is 0.614. The van der Waals surface area contributed by atoms with Crippen LogP contribution in [0.3, 0.4) is 0 Å².